The van der Waals surface area contributed by atoms with Gasteiger partial charge in [0.05, 0.1) is 12.2 Å². The Kier molecular flexibility index (Phi) is 6.24. The molecule has 5 heteroatoms. The Balaban J connectivity index is 2.35. The van der Waals surface area contributed by atoms with Gasteiger partial charge in [-0.15, -0.1) is 0 Å². The van der Waals surface area contributed by atoms with Crippen molar-refractivity contribution < 1.29 is 14.3 Å². The van der Waals surface area contributed by atoms with E-state index in [0.717, 1.165) is 11.4 Å². The maximum absolute atomic E-state index is 12.9. The first-order valence-corrected chi connectivity index (χ1v) is 9.09. The summed E-state index contributed by atoms with van der Waals surface area (Å²) >= 11 is 0. The second kappa shape index (κ2) is 8.21. The van der Waals surface area contributed by atoms with Crippen molar-refractivity contribution in [3.05, 3.63) is 52.3 Å². The number of hydrogen-bond acceptors (Lipinski definition) is 3. The number of ether oxygens (including phenoxy) is 1. The molecule has 140 valence electrons. The van der Waals surface area contributed by atoms with Gasteiger partial charge in [-0.1, -0.05) is 26.0 Å². The lowest BCUT2D eigenvalue weighted by Crippen LogP contribution is -2.14. The zero-order valence-electron chi connectivity index (χ0n) is 16.5. The van der Waals surface area contributed by atoms with Gasteiger partial charge < -0.3 is 14.6 Å². The predicted octanol–water partition coefficient (Wildman–Crippen LogP) is 4.68. The highest BCUT2D eigenvalue weighted by Gasteiger charge is 2.26. The average molecular weight is 356 g/mol. The molecule has 0 bridgehead atoms. The van der Waals surface area contributed by atoms with E-state index < -0.39 is 5.97 Å². The fourth-order valence-electron chi connectivity index (χ4n) is 3.23. The molecule has 0 fully saturated rings. The number of anilines is 1. The molecule has 26 heavy (non-hydrogen) atoms. The molecule has 0 aliphatic carbocycles. The smallest absolute Gasteiger partial charge is 0.355 e. The summed E-state index contributed by atoms with van der Waals surface area (Å²) in [6.45, 7) is 12.5. The molecule has 1 aromatic heterocycles. The summed E-state index contributed by atoms with van der Waals surface area (Å²) in [7, 11) is 0. The molecule has 0 atom stereocenters. The van der Waals surface area contributed by atoms with Crippen LogP contribution in [0.5, 0.6) is 0 Å². The molecule has 0 unspecified atom stereocenters. The number of amides is 1. The van der Waals surface area contributed by atoms with Crippen LogP contribution in [0, 0.1) is 13.8 Å². The van der Waals surface area contributed by atoms with E-state index in [2.05, 4.69) is 19.2 Å². The molecule has 2 rings (SSSR count). The van der Waals surface area contributed by atoms with E-state index in [9.17, 15) is 9.59 Å². The molecular weight excluding hydrogens is 328 g/mol. The SMILES string of the molecule is CCOC(=O)c1c(C)c(C(=O)Nc2ccc(C(C)C)cc2)c(C)n1CC. The lowest BCUT2D eigenvalue weighted by molar-refractivity contribution is 0.0512. The summed E-state index contributed by atoms with van der Waals surface area (Å²) in [5.41, 5.74) is 4.36. The van der Waals surface area contributed by atoms with Crippen LogP contribution in [0.25, 0.3) is 0 Å². The second-order valence-electron chi connectivity index (χ2n) is 6.63. The number of aromatic nitrogens is 1. The van der Waals surface area contributed by atoms with Gasteiger partial charge in [-0.25, -0.2) is 4.79 Å². The van der Waals surface area contributed by atoms with E-state index in [1.807, 2.05) is 42.7 Å². The minimum atomic E-state index is -0.393. The largest absolute Gasteiger partial charge is 0.461 e. The summed E-state index contributed by atoms with van der Waals surface area (Å²) in [5, 5.41) is 2.94. The molecule has 1 amide bonds. The van der Waals surface area contributed by atoms with Crippen molar-refractivity contribution in [2.24, 2.45) is 0 Å². The second-order valence-corrected chi connectivity index (χ2v) is 6.63. The zero-order chi connectivity index (χ0) is 19.4. The third-order valence-electron chi connectivity index (χ3n) is 4.61. The molecule has 5 nitrogen and oxygen atoms in total. The van der Waals surface area contributed by atoms with Gasteiger partial charge >= 0.3 is 5.97 Å². The Hall–Kier alpha value is -2.56. The monoisotopic (exact) mass is 356 g/mol. The fourth-order valence-corrected chi connectivity index (χ4v) is 3.23. The number of benzene rings is 1. The van der Waals surface area contributed by atoms with E-state index in [-0.39, 0.29) is 5.91 Å². The van der Waals surface area contributed by atoms with E-state index in [1.165, 1.54) is 5.56 Å². The number of esters is 1. The highest BCUT2D eigenvalue weighted by atomic mass is 16.5. The molecule has 0 spiro atoms. The number of nitrogens with zero attached hydrogens (tertiary/aromatic N) is 1. The van der Waals surface area contributed by atoms with Gasteiger partial charge in [0.15, 0.2) is 0 Å². The van der Waals surface area contributed by atoms with Crippen LogP contribution in [0.1, 0.15) is 71.3 Å². The summed E-state index contributed by atoms with van der Waals surface area (Å²) in [4.78, 5) is 25.2. The van der Waals surface area contributed by atoms with Crippen LogP contribution >= 0.6 is 0 Å². The molecular formula is C21H28N2O3. The Morgan fingerprint density at radius 1 is 1.12 bits per heavy atom. The van der Waals surface area contributed by atoms with Crippen molar-refractivity contribution in [3.63, 3.8) is 0 Å². The molecule has 0 saturated carbocycles. The van der Waals surface area contributed by atoms with Crippen LogP contribution in [-0.4, -0.2) is 23.1 Å². The van der Waals surface area contributed by atoms with Gasteiger partial charge in [-0.3, -0.25) is 4.79 Å². The molecule has 1 N–H and O–H groups in total. The highest BCUT2D eigenvalue weighted by molar-refractivity contribution is 6.08. The van der Waals surface area contributed by atoms with E-state index in [1.54, 1.807) is 13.8 Å². The Morgan fingerprint density at radius 3 is 2.23 bits per heavy atom. The number of rotatable bonds is 6. The van der Waals surface area contributed by atoms with Crippen LogP contribution < -0.4 is 5.32 Å². The van der Waals surface area contributed by atoms with Crippen LogP contribution in [0.15, 0.2) is 24.3 Å². The Morgan fingerprint density at radius 2 is 1.73 bits per heavy atom. The number of nitrogens with one attached hydrogen (secondary N) is 1. The van der Waals surface area contributed by atoms with Crippen LogP contribution in [-0.2, 0) is 11.3 Å². The molecule has 2 aromatic rings. The average Bonchev–Trinajstić information content (AvgIpc) is 2.85. The summed E-state index contributed by atoms with van der Waals surface area (Å²) in [5.74, 6) is -0.166. The van der Waals surface area contributed by atoms with Crippen molar-refractivity contribution >= 4 is 17.6 Å². The molecule has 0 aliphatic rings. The number of carbonyl (C=O) groups is 2. The van der Waals surface area contributed by atoms with Gasteiger partial charge in [-0.05, 0) is 56.9 Å². The fraction of sp³-hybridized carbons (Fsp3) is 0.429. The Bertz CT molecular complexity index is 802. The molecule has 0 radical (unpaired) electrons. The van der Waals surface area contributed by atoms with Crippen LogP contribution in [0.3, 0.4) is 0 Å². The summed E-state index contributed by atoms with van der Waals surface area (Å²) in [6, 6.07) is 7.84. The van der Waals surface area contributed by atoms with Gasteiger partial charge in [0.2, 0.25) is 0 Å². The first-order chi connectivity index (χ1) is 12.3. The maximum atomic E-state index is 12.9. The van der Waals surface area contributed by atoms with E-state index >= 15 is 0 Å². The molecule has 1 aromatic carbocycles. The van der Waals surface area contributed by atoms with Crippen molar-refractivity contribution in [2.75, 3.05) is 11.9 Å². The van der Waals surface area contributed by atoms with Crippen LogP contribution in [0.4, 0.5) is 5.69 Å². The maximum Gasteiger partial charge on any atom is 0.355 e. The molecule has 0 saturated heterocycles. The lowest BCUT2D eigenvalue weighted by atomic mass is 10.0. The topological polar surface area (TPSA) is 60.3 Å². The third kappa shape index (κ3) is 3.82. The first-order valence-electron chi connectivity index (χ1n) is 9.09. The summed E-state index contributed by atoms with van der Waals surface area (Å²) in [6.07, 6.45) is 0. The van der Waals surface area contributed by atoms with Gasteiger partial charge in [0, 0.05) is 17.9 Å². The zero-order valence-corrected chi connectivity index (χ0v) is 16.5. The van der Waals surface area contributed by atoms with Gasteiger partial charge in [0.1, 0.15) is 5.69 Å². The Labute approximate surface area is 155 Å². The standard InChI is InChI=1S/C21H28N2O3/c1-7-23-15(6)18(14(5)19(23)21(25)26-8-2)20(24)22-17-11-9-16(10-12-17)13(3)4/h9-13H,7-8H2,1-6H3,(H,22,24). The normalized spacial score (nSPS) is 10.9. The van der Waals surface area contributed by atoms with E-state index in [0.29, 0.717) is 35.9 Å². The first kappa shape index (κ1) is 19.8. The van der Waals surface area contributed by atoms with Crippen molar-refractivity contribution in [2.45, 2.75) is 54.0 Å². The van der Waals surface area contributed by atoms with Crippen molar-refractivity contribution in [3.8, 4) is 0 Å². The summed E-state index contributed by atoms with van der Waals surface area (Å²) < 4.78 is 7.00. The van der Waals surface area contributed by atoms with Crippen molar-refractivity contribution in [1.29, 1.82) is 0 Å². The van der Waals surface area contributed by atoms with Crippen LogP contribution in [0.2, 0.25) is 0 Å². The minimum Gasteiger partial charge on any atom is -0.461 e. The molecule has 1 heterocycles. The van der Waals surface area contributed by atoms with Gasteiger partial charge in [0.25, 0.3) is 5.91 Å². The van der Waals surface area contributed by atoms with E-state index in [4.69, 9.17) is 4.74 Å². The number of carbonyl (C=O) groups excluding carboxylic acids is 2. The minimum absolute atomic E-state index is 0.213. The third-order valence-corrected chi connectivity index (χ3v) is 4.61. The number of hydrogen-bond donors (Lipinski definition) is 1. The lowest BCUT2D eigenvalue weighted by Gasteiger charge is -2.09. The van der Waals surface area contributed by atoms with Gasteiger partial charge in [-0.2, -0.15) is 0 Å². The quantitative estimate of drug-likeness (QED) is 0.765. The predicted molar refractivity (Wildman–Crippen MR) is 104 cm³/mol. The molecule has 0 aliphatic heterocycles. The van der Waals surface area contributed by atoms with Crippen molar-refractivity contribution in [1.82, 2.24) is 4.57 Å². The highest BCUT2D eigenvalue weighted by Crippen LogP contribution is 2.25.